The van der Waals surface area contributed by atoms with Gasteiger partial charge >= 0.3 is 0 Å². The Hall–Kier alpha value is -0.380. The highest BCUT2D eigenvalue weighted by molar-refractivity contribution is 5.30. The van der Waals surface area contributed by atoms with Crippen molar-refractivity contribution in [3.8, 4) is 0 Å². The molecule has 0 radical (unpaired) electrons. The molecule has 3 rings (SSSR count). The van der Waals surface area contributed by atoms with Crippen LogP contribution in [0.25, 0.3) is 0 Å². The van der Waals surface area contributed by atoms with E-state index in [4.69, 9.17) is 4.74 Å². The molecule has 2 aliphatic heterocycles. The zero-order chi connectivity index (χ0) is 11.6. The van der Waals surface area contributed by atoms with E-state index in [0.717, 1.165) is 31.3 Å². The highest BCUT2D eigenvalue weighted by Crippen LogP contribution is 2.61. The first-order valence-corrected chi connectivity index (χ1v) is 6.22. The quantitative estimate of drug-likeness (QED) is 0.611. The van der Waals surface area contributed by atoms with Gasteiger partial charge in [-0.25, -0.2) is 0 Å². The molecule has 1 aliphatic carbocycles. The van der Waals surface area contributed by atoms with Gasteiger partial charge in [-0.3, -0.25) is 0 Å². The van der Waals surface area contributed by atoms with E-state index in [1.807, 2.05) is 0 Å². The topological polar surface area (TPSA) is 49.7 Å². The van der Waals surface area contributed by atoms with Crippen molar-refractivity contribution in [1.29, 1.82) is 0 Å². The minimum Gasteiger partial charge on any atom is -0.390 e. The molecule has 1 spiro atoms. The molecule has 5 atom stereocenters. The van der Waals surface area contributed by atoms with Crippen molar-refractivity contribution < 1.29 is 14.9 Å². The van der Waals surface area contributed by atoms with Crippen molar-refractivity contribution in [3.05, 3.63) is 12.2 Å². The average Bonchev–Trinajstić information content (AvgIpc) is 2.49. The minimum atomic E-state index is -0.598. The Morgan fingerprint density at radius 1 is 1.44 bits per heavy atom. The Labute approximate surface area is 96.1 Å². The summed E-state index contributed by atoms with van der Waals surface area (Å²) in [6.45, 7) is 6.30. The summed E-state index contributed by atoms with van der Waals surface area (Å²) < 4.78 is 6.03. The molecular weight excluding hydrogens is 204 g/mol. The molecule has 0 unspecified atom stereocenters. The van der Waals surface area contributed by atoms with Gasteiger partial charge in [0, 0.05) is 11.8 Å². The van der Waals surface area contributed by atoms with Gasteiger partial charge in [0.2, 0.25) is 0 Å². The highest BCUT2D eigenvalue weighted by atomic mass is 16.5. The highest BCUT2D eigenvalue weighted by Gasteiger charge is 2.66. The van der Waals surface area contributed by atoms with Gasteiger partial charge in [0.1, 0.15) is 5.60 Å². The molecule has 2 saturated heterocycles. The summed E-state index contributed by atoms with van der Waals surface area (Å²) in [6, 6.07) is 0. The van der Waals surface area contributed by atoms with Crippen molar-refractivity contribution >= 4 is 0 Å². The minimum absolute atomic E-state index is 0.0378. The van der Waals surface area contributed by atoms with Crippen molar-refractivity contribution in [2.24, 2.45) is 5.41 Å². The second-order valence-electron chi connectivity index (χ2n) is 5.93. The smallest absolute Gasteiger partial charge is 0.121 e. The monoisotopic (exact) mass is 224 g/mol. The first-order chi connectivity index (χ1) is 7.49. The zero-order valence-electron chi connectivity index (χ0n) is 9.78. The van der Waals surface area contributed by atoms with Gasteiger partial charge < -0.3 is 14.9 Å². The van der Waals surface area contributed by atoms with E-state index in [1.165, 1.54) is 0 Å². The maximum Gasteiger partial charge on any atom is 0.121 e. The van der Waals surface area contributed by atoms with Crippen LogP contribution in [-0.4, -0.2) is 34.1 Å². The third-order valence-corrected chi connectivity index (χ3v) is 4.98. The standard InChI is InChI=1S/C13H20O3/c1-8-4-3-5-12(2)7-10-9(14)6-11(15)13(8,12)16-10/h9-11,14-15H,1,3-7H2,2H3/t9-,10+,11-,12-,13+/m0/s1. The molecule has 0 aromatic rings. The Bertz CT molecular complexity index is 340. The van der Waals surface area contributed by atoms with Crippen LogP contribution in [0, 0.1) is 5.41 Å². The molecule has 0 aromatic heterocycles. The molecule has 2 heterocycles. The molecule has 0 amide bonds. The molecule has 90 valence electrons. The molecule has 0 aromatic carbocycles. The fourth-order valence-electron chi connectivity index (χ4n) is 4.17. The first-order valence-electron chi connectivity index (χ1n) is 6.22. The van der Waals surface area contributed by atoms with Crippen LogP contribution in [-0.2, 0) is 4.74 Å². The lowest BCUT2D eigenvalue weighted by Gasteiger charge is -2.51. The Morgan fingerprint density at radius 3 is 2.94 bits per heavy atom. The van der Waals surface area contributed by atoms with E-state index in [-0.39, 0.29) is 11.5 Å². The largest absolute Gasteiger partial charge is 0.390 e. The third-order valence-electron chi connectivity index (χ3n) is 4.98. The first kappa shape index (κ1) is 10.8. The second-order valence-corrected chi connectivity index (χ2v) is 5.93. The molecule has 2 bridgehead atoms. The van der Waals surface area contributed by atoms with Crippen LogP contribution in [0.1, 0.15) is 39.0 Å². The summed E-state index contributed by atoms with van der Waals surface area (Å²) in [6.07, 6.45) is 3.18. The third kappa shape index (κ3) is 1.04. The molecule has 1 saturated carbocycles. The normalized spacial score (nSPS) is 56.2. The maximum atomic E-state index is 10.3. The van der Waals surface area contributed by atoms with E-state index < -0.39 is 17.8 Å². The molecular formula is C13H20O3. The lowest BCUT2D eigenvalue weighted by Crippen LogP contribution is -2.59. The van der Waals surface area contributed by atoms with Gasteiger partial charge in [-0.1, -0.05) is 13.5 Å². The number of aliphatic hydroxyl groups excluding tert-OH is 2. The van der Waals surface area contributed by atoms with E-state index in [0.29, 0.717) is 6.42 Å². The van der Waals surface area contributed by atoms with Gasteiger partial charge in [0.25, 0.3) is 0 Å². The maximum absolute atomic E-state index is 10.3. The van der Waals surface area contributed by atoms with Crippen LogP contribution in [0.4, 0.5) is 0 Å². The van der Waals surface area contributed by atoms with Crippen LogP contribution in [0.15, 0.2) is 12.2 Å². The summed E-state index contributed by atoms with van der Waals surface area (Å²) in [5, 5.41) is 20.2. The van der Waals surface area contributed by atoms with E-state index >= 15 is 0 Å². The Morgan fingerprint density at radius 2 is 2.19 bits per heavy atom. The van der Waals surface area contributed by atoms with Gasteiger partial charge in [0.05, 0.1) is 18.3 Å². The van der Waals surface area contributed by atoms with Crippen molar-refractivity contribution in [3.63, 3.8) is 0 Å². The summed E-state index contributed by atoms with van der Waals surface area (Å²) >= 11 is 0. The van der Waals surface area contributed by atoms with Crippen LogP contribution in [0.2, 0.25) is 0 Å². The van der Waals surface area contributed by atoms with Crippen LogP contribution in [0.5, 0.6) is 0 Å². The summed E-state index contributed by atoms with van der Waals surface area (Å²) in [4.78, 5) is 0. The summed E-state index contributed by atoms with van der Waals surface area (Å²) in [5.74, 6) is 0. The zero-order valence-corrected chi connectivity index (χ0v) is 9.78. The number of hydrogen-bond acceptors (Lipinski definition) is 3. The lowest BCUT2D eigenvalue weighted by atomic mass is 9.60. The van der Waals surface area contributed by atoms with E-state index in [1.54, 1.807) is 0 Å². The van der Waals surface area contributed by atoms with Gasteiger partial charge in [-0.15, -0.1) is 0 Å². The number of rotatable bonds is 0. The van der Waals surface area contributed by atoms with Gasteiger partial charge in [-0.2, -0.15) is 0 Å². The number of fused-ring (bicyclic) bond motifs is 1. The Kier molecular flexibility index (Phi) is 2.08. The van der Waals surface area contributed by atoms with Crippen LogP contribution >= 0.6 is 0 Å². The van der Waals surface area contributed by atoms with Crippen LogP contribution in [0.3, 0.4) is 0 Å². The summed E-state index contributed by atoms with van der Waals surface area (Å²) in [5.41, 5.74) is 0.419. The molecule has 16 heavy (non-hydrogen) atoms. The molecule has 3 aliphatic rings. The Balaban J connectivity index is 2.09. The van der Waals surface area contributed by atoms with Gasteiger partial charge in [0.15, 0.2) is 0 Å². The average molecular weight is 224 g/mol. The number of hydrogen-bond donors (Lipinski definition) is 2. The SMILES string of the molecule is C=C1CCC[C@@]2(C)C[C@H]3O[C@@]12[C@@H](O)C[C@@H]3O. The van der Waals surface area contributed by atoms with Crippen LogP contribution < -0.4 is 0 Å². The van der Waals surface area contributed by atoms with Crippen molar-refractivity contribution in [2.75, 3.05) is 0 Å². The second kappa shape index (κ2) is 3.09. The number of aliphatic hydroxyl groups is 2. The predicted molar refractivity (Wildman–Crippen MR) is 59.9 cm³/mol. The fourth-order valence-corrected chi connectivity index (χ4v) is 4.17. The van der Waals surface area contributed by atoms with Gasteiger partial charge in [-0.05, 0) is 31.3 Å². The number of ether oxygens (including phenoxy) is 1. The molecule has 3 heteroatoms. The molecule has 3 nitrogen and oxygen atoms in total. The van der Waals surface area contributed by atoms with E-state index in [9.17, 15) is 10.2 Å². The fraction of sp³-hybridized carbons (Fsp3) is 0.846. The van der Waals surface area contributed by atoms with Crippen molar-refractivity contribution in [2.45, 2.75) is 62.9 Å². The lowest BCUT2D eigenvalue weighted by molar-refractivity contribution is -0.198. The summed E-state index contributed by atoms with van der Waals surface area (Å²) in [7, 11) is 0. The van der Waals surface area contributed by atoms with Crippen molar-refractivity contribution in [1.82, 2.24) is 0 Å². The predicted octanol–water partition coefficient (Wildman–Crippen LogP) is 1.39. The molecule has 2 N–H and O–H groups in total. The van der Waals surface area contributed by atoms with E-state index in [2.05, 4.69) is 13.5 Å². The molecule has 3 fully saturated rings.